The second-order valence-corrected chi connectivity index (χ2v) is 6.18. The van der Waals surface area contributed by atoms with E-state index < -0.39 is 11.5 Å². The van der Waals surface area contributed by atoms with Crippen LogP contribution < -0.4 is 5.32 Å². The van der Waals surface area contributed by atoms with Crippen LogP contribution in [0.2, 0.25) is 0 Å². The summed E-state index contributed by atoms with van der Waals surface area (Å²) in [6.45, 7) is 5.55. The quantitative estimate of drug-likeness (QED) is 0.846. The van der Waals surface area contributed by atoms with Gasteiger partial charge >= 0.3 is 5.97 Å². The Labute approximate surface area is 125 Å². The number of carbonyl (C=O) groups is 2. The molecule has 1 saturated carbocycles. The van der Waals surface area contributed by atoms with Crippen LogP contribution in [0.4, 0.5) is 0 Å². The summed E-state index contributed by atoms with van der Waals surface area (Å²) in [5, 5.41) is 12.1. The minimum Gasteiger partial charge on any atom is -0.480 e. The molecule has 0 bridgehead atoms. The molecule has 1 aliphatic carbocycles. The van der Waals surface area contributed by atoms with Crippen molar-refractivity contribution in [1.29, 1.82) is 0 Å². The van der Waals surface area contributed by atoms with Gasteiger partial charge in [-0.1, -0.05) is 37.6 Å². The number of aliphatic carboxylic acids is 1. The van der Waals surface area contributed by atoms with E-state index in [0.717, 1.165) is 12.8 Å². The van der Waals surface area contributed by atoms with Gasteiger partial charge in [0.05, 0.1) is 0 Å². The minimum absolute atomic E-state index is 0.0957. The summed E-state index contributed by atoms with van der Waals surface area (Å²) >= 11 is 0. The third kappa shape index (κ3) is 3.26. The highest BCUT2D eigenvalue weighted by atomic mass is 16.4. The Bertz CT molecular complexity index is 555. The molecule has 3 unspecified atom stereocenters. The van der Waals surface area contributed by atoms with E-state index in [-0.39, 0.29) is 17.7 Å². The Balaban J connectivity index is 2.03. The van der Waals surface area contributed by atoms with Crippen molar-refractivity contribution in [2.75, 3.05) is 0 Å². The van der Waals surface area contributed by atoms with Gasteiger partial charge in [0.1, 0.15) is 5.54 Å². The summed E-state index contributed by atoms with van der Waals surface area (Å²) in [5.74, 6) is -0.972. The largest absolute Gasteiger partial charge is 0.480 e. The molecule has 0 heterocycles. The second kappa shape index (κ2) is 5.88. The number of carbonyl (C=O) groups excluding carboxylic acids is 1. The number of hydrogen-bond donors (Lipinski definition) is 2. The van der Waals surface area contributed by atoms with Gasteiger partial charge in [0.2, 0.25) is 5.91 Å². The SMILES string of the molecule is CCCC(C)(NC(=O)C1CC1c1ccccc1C)C(=O)O. The lowest BCUT2D eigenvalue weighted by atomic mass is 9.95. The number of rotatable bonds is 6. The predicted octanol–water partition coefficient (Wildman–Crippen LogP) is 2.86. The third-order valence-corrected chi connectivity index (χ3v) is 4.34. The van der Waals surface area contributed by atoms with Crippen LogP contribution in [-0.2, 0) is 9.59 Å². The van der Waals surface area contributed by atoms with Gasteiger partial charge < -0.3 is 10.4 Å². The van der Waals surface area contributed by atoms with Crippen LogP contribution in [0.15, 0.2) is 24.3 Å². The molecule has 2 N–H and O–H groups in total. The van der Waals surface area contributed by atoms with Crippen molar-refractivity contribution in [3.05, 3.63) is 35.4 Å². The lowest BCUT2D eigenvalue weighted by molar-refractivity contribution is -0.147. The van der Waals surface area contributed by atoms with Crippen LogP contribution in [-0.4, -0.2) is 22.5 Å². The average molecular weight is 289 g/mol. The topological polar surface area (TPSA) is 66.4 Å². The Kier molecular flexibility index (Phi) is 4.35. The molecule has 2 rings (SSSR count). The molecule has 4 nitrogen and oxygen atoms in total. The smallest absolute Gasteiger partial charge is 0.329 e. The van der Waals surface area contributed by atoms with Crippen LogP contribution in [0.1, 0.15) is 50.2 Å². The van der Waals surface area contributed by atoms with Crippen molar-refractivity contribution < 1.29 is 14.7 Å². The van der Waals surface area contributed by atoms with Crippen molar-refractivity contribution in [3.63, 3.8) is 0 Å². The number of benzene rings is 1. The van der Waals surface area contributed by atoms with E-state index in [9.17, 15) is 14.7 Å². The fraction of sp³-hybridized carbons (Fsp3) is 0.529. The first-order chi connectivity index (χ1) is 9.89. The average Bonchev–Trinajstić information content (AvgIpc) is 3.19. The summed E-state index contributed by atoms with van der Waals surface area (Å²) in [6, 6.07) is 8.06. The van der Waals surface area contributed by atoms with Crippen LogP contribution in [0.25, 0.3) is 0 Å². The first kappa shape index (κ1) is 15.5. The summed E-state index contributed by atoms with van der Waals surface area (Å²) in [7, 11) is 0. The molecule has 0 aliphatic heterocycles. The summed E-state index contributed by atoms with van der Waals surface area (Å²) in [4.78, 5) is 23.7. The van der Waals surface area contributed by atoms with Crippen LogP contribution in [0.5, 0.6) is 0 Å². The number of hydrogen-bond acceptors (Lipinski definition) is 2. The van der Waals surface area contributed by atoms with E-state index in [0.29, 0.717) is 6.42 Å². The number of aryl methyl sites for hydroxylation is 1. The van der Waals surface area contributed by atoms with E-state index in [1.807, 2.05) is 32.0 Å². The molecular formula is C17H23NO3. The van der Waals surface area contributed by atoms with E-state index in [4.69, 9.17) is 0 Å². The molecule has 1 aliphatic rings. The molecule has 0 radical (unpaired) electrons. The van der Waals surface area contributed by atoms with Gasteiger partial charge in [0.25, 0.3) is 0 Å². The first-order valence-corrected chi connectivity index (χ1v) is 7.50. The highest BCUT2D eigenvalue weighted by Crippen LogP contribution is 2.48. The molecule has 1 fully saturated rings. The molecule has 1 aromatic rings. The van der Waals surface area contributed by atoms with Crippen LogP contribution >= 0.6 is 0 Å². The Hall–Kier alpha value is -1.84. The van der Waals surface area contributed by atoms with Gasteiger partial charge in [-0.05, 0) is 43.7 Å². The number of amides is 1. The van der Waals surface area contributed by atoms with Gasteiger partial charge in [-0.15, -0.1) is 0 Å². The van der Waals surface area contributed by atoms with Crippen molar-refractivity contribution >= 4 is 11.9 Å². The molecule has 21 heavy (non-hydrogen) atoms. The zero-order chi connectivity index (χ0) is 15.6. The maximum Gasteiger partial charge on any atom is 0.329 e. The second-order valence-electron chi connectivity index (χ2n) is 6.18. The van der Waals surface area contributed by atoms with Gasteiger partial charge in [0, 0.05) is 5.92 Å². The molecule has 1 amide bonds. The number of carboxylic acid groups (broad SMARTS) is 1. The number of carboxylic acids is 1. The van der Waals surface area contributed by atoms with Crippen molar-refractivity contribution in [3.8, 4) is 0 Å². The van der Waals surface area contributed by atoms with Crippen LogP contribution in [0, 0.1) is 12.8 Å². The van der Waals surface area contributed by atoms with Crippen LogP contribution in [0.3, 0.4) is 0 Å². The molecule has 4 heteroatoms. The Morgan fingerprint density at radius 2 is 2.05 bits per heavy atom. The minimum atomic E-state index is -1.16. The molecule has 3 atom stereocenters. The van der Waals surface area contributed by atoms with Crippen molar-refractivity contribution in [2.24, 2.45) is 5.92 Å². The van der Waals surface area contributed by atoms with E-state index >= 15 is 0 Å². The van der Waals surface area contributed by atoms with Gasteiger partial charge in [-0.3, -0.25) is 4.79 Å². The predicted molar refractivity (Wildman–Crippen MR) is 81.1 cm³/mol. The summed E-state index contributed by atoms with van der Waals surface area (Å²) in [6.07, 6.45) is 1.96. The van der Waals surface area contributed by atoms with E-state index in [1.165, 1.54) is 11.1 Å². The Morgan fingerprint density at radius 1 is 1.38 bits per heavy atom. The van der Waals surface area contributed by atoms with Gasteiger partial charge in [-0.25, -0.2) is 4.79 Å². The van der Waals surface area contributed by atoms with Gasteiger partial charge in [-0.2, -0.15) is 0 Å². The lowest BCUT2D eigenvalue weighted by Gasteiger charge is -2.26. The van der Waals surface area contributed by atoms with Crippen molar-refractivity contribution in [1.82, 2.24) is 5.32 Å². The molecule has 1 aromatic carbocycles. The molecule has 0 spiro atoms. The van der Waals surface area contributed by atoms with Crippen molar-refractivity contribution in [2.45, 2.75) is 51.5 Å². The molecular weight excluding hydrogens is 266 g/mol. The summed E-state index contributed by atoms with van der Waals surface area (Å²) in [5.41, 5.74) is 1.22. The van der Waals surface area contributed by atoms with Gasteiger partial charge in [0.15, 0.2) is 0 Å². The van der Waals surface area contributed by atoms with E-state index in [2.05, 4.69) is 11.4 Å². The highest BCUT2D eigenvalue weighted by molar-refractivity contribution is 5.89. The normalized spacial score (nSPS) is 23.2. The standard InChI is InChI=1S/C17H23NO3/c1-4-9-17(3,16(20)21)18-15(19)14-10-13(14)12-8-6-5-7-11(12)2/h5-8,13-14H,4,9-10H2,1-3H3,(H,18,19)(H,20,21). The lowest BCUT2D eigenvalue weighted by Crippen LogP contribution is -2.52. The summed E-state index contributed by atoms with van der Waals surface area (Å²) < 4.78 is 0. The molecule has 0 aromatic heterocycles. The third-order valence-electron chi connectivity index (χ3n) is 4.34. The fourth-order valence-corrected chi connectivity index (χ4v) is 2.92. The zero-order valence-corrected chi connectivity index (χ0v) is 12.8. The first-order valence-electron chi connectivity index (χ1n) is 7.50. The highest BCUT2D eigenvalue weighted by Gasteiger charge is 2.47. The molecule has 114 valence electrons. The molecule has 0 saturated heterocycles. The maximum atomic E-state index is 12.3. The maximum absolute atomic E-state index is 12.3. The Morgan fingerprint density at radius 3 is 2.62 bits per heavy atom. The fourth-order valence-electron chi connectivity index (χ4n) is 2.92. The zero-order valence-electron chi connectivity index (χ0n) is 12.8. The number of nitrogens with one attached hydrogen (secondary N) is 1. The van der Waals surface area contributed by atoms with E-state index in [1.54, 1.807) is 6.92 Å². The monoisotopic (exact) mass is 289 g/mol.